The van der Waals surface area contributed by atoms with E-state index in [4.69, 9.17) is 4.74 Å². The summed E-state index contributed by atoms with van der Waals surface area (Å²) in [6.07, 6.45) is 2.60. The first kappa shape index (κ1) is 17.9. The lowest BCUT2D eigenvalue weighted by molar-refractivity contribution is -0.184. The Morgan fingerprint density at radius 3 is 2.72 bits per heavy atom. The van der Waals surface area contributed by atoms with Gasteiger partial charge >= 0.3 is 5.97 Å². The third kappa shape index (κ3) is 3.17. The van der Waals surface area contributed by atoms with E-state index in [1.807, 2.05) is 0 Å². The van der Waals surface area contributed by atoms with Gasteiger partial charge in [-0.25, -0.2) is 14.2 Å². The van der Waals surface area contributed by atoms with Crippen LogP contribution in [0.2, 0.25) is 0 Å². The van der Waals surface area contributed by atoms with Crippen LogP contribution in [0.1, 0.15) is 36.0 Å². The molecule has 1 aromatic carbocycles. The highest BCUT2D eigenvalue weighted by molar-refractivity contribution is 7.20. The molecule has 0 amide bonds. The maximum Gasteiger partial charge on any atom is 0.360 e. The Morgan fingerprint density at radius 1 is 1.36 bits per heavy atom. The van der Waals surface area contributed by atoms with Gasteiger partial charge in [0.2, 0.25) is 5.78 Å². The maximum atomic E-state index is 13.4. The molecule has 0 aliphatic carbocycles. The molecular weight excluding hydrogens is 347 g/mol. The third-order valence-electron chi connectivity index (χ3n) is 4.30. The Morgan fingerprint density at radius 2 is 2.08 bits per heavy atom. The number of carboxylic acid groups (broad SMARTS) is 1. The third-order valence-corrected chi connectivity index (χ3v) is 5.31. The van der Waals surface area contributed by atoms with Crippen LogP contribution in [0.5, 0.6) is 0 Å². The van der Waals surface area contributed by atoms with Gasteiger partial charge in [0.15, 0.2) is 5.01 Å². The molecule has 134 valence electrons. The van der Waals surface area contributed by atoms with E-state index >= 15 is 0 Å². The summed E-state index contributed by atoms with van der Waals surface area (Å²) in [6.45, 7) is 2.67. The molecule has 6 nitrogen and oxygen atoms in total. The van der Waals surface area contributed by atoms with Gasteiger partial charge in [0.05, 0.1) is 10.2 Å². The second-order valence-electron chi connectivity index (χ2n) is 5.89. The van der Waals surface area contributed by atoms with Gasteiger partial charge in [0.25, 0.3) is 5.72 Å². The number of ether oxygens (including phenoxy) is 1. The zero-order valence-corrected chi connectivity index (χ0v) is 14.6. The zero-order valence-electron chi connectivity index (χ0n) is 13.8. The summed E-state index contributed by atoms with van der Waals surface area (Å²) in [7, 11) is 0. The van der Waals surface area contributed by atoms with Crippen molar-refractivity contribution in [2.45, 2.75) is 31.9 Å². The first-order valence-corrected chi connectivity index (χ1v) is 9.04. The highest BCUT2D eigenvalue weighted by atomic mass is 32.1. The SMILES string of the molecule is CCOC(C(=O)O)(C(=O)c1nc2ccc(F)cc2s1)N1CCCCC1. The molecule has 1 aliphatic rings. The van der Waals surface area contributed by atoms with Gasteiger partial charge < -0.3 is 9.84 Å². The molecule has 2 heterocycles. The molecule has 1 N–H and O–H groups in total. The molecule has 0 radical (unpaired) electrons. The molecule has 1 unspecified atom stereocenters. The fourth-order valence-corrected chi connectivity index (χ4v) is 4.13. The van der Waals surface area contributed by atoms with Crippen molar-refractivity contribution < 1.29 is 23.8 Å². The van der Waals surface area contributed by atoms with Gasteiger partial charge in [0.1, 0.15) is 5.82 Å². The first-order valence-electron chi connectivity index (χ1n) is 8.22. The second kappa shape index (κ2) is 7.15. The van der Waals surface area contributed by atoms with E-state index in [1.165, 1.54) is 18.2 Å². The number of likely N-dealkylation sites (tertiary alicyclic amines) is 1. The minimum absolute atomic E-state index is 0.0158. The number of thiazole rings is 1. The summed E-state index contributed by atoms with van der Waals surface area (Å²) >= 11 is 0.983. The number of halogens is 1. The summed E-state index contributed by atoms with van der Waals surface area (Å²) in [6, 6.07) is 4.02. The Hall–Kier alpha value is -1.90. The number of carbonyl (C=O) groups is 2. The number of nitrogens with zero attached hydrogens (tertiary/aromatic N) is 2. The van der Waals surface area contributed by atoms with Crippen LogP contribution in [0.15, 0.2) is 18.2 Å². The largest absolute Gasteiger partial charge is 0.478 e. The van der Waals surface area contributed by atoms with Crippen LogP contribution in [0.4, 0.5) is 4.39 Å². The minimum atomic E-state index is -2.08. The van der Waals surface area contributed by atoms with Crippen molar-refractivity contribution in [2.75, 3.05) is 19.7 Å². The predicted molar refractivity (Wildman–Crippen MR) is 91.3 cm³/mol. The minimum Gasteiger partial charge on any atom is -0.478 e. The molecule has 25 heavy (non-hydrogen) atoms. The van der Waals surface area contributed by atoms with Gasteiger partial charge in [-0.3, -0.25) is 9.69 Å². The molecule has 0 spiro atoms. The Balaban J connectivity index is 2.06. The van der Waals surface area contributed by atoms with Crippen molar-refractivity contribution in [3.05, 3.63) is 29.0 Å². The number of ketones is 1. The molecule has 1 aromatic heterocycles. The van der Waals surface area contributed by atoms with Crippen molar-refractivity contribution in [1.29, 1.82) is 0 Å². The fraction of sp³-hybridized carbons (Fsp3) is 0.471. The molecule has 1 fully saturated rings. The number of piperidine rings is 1. The Labute approximate surface area is 148 Å². The molecular formula is C17H19FN2O4S. The molecule has 1 saturated heterocycles. The Kier molecular flexibility index (Phi) is 5.12. The van der Waals surface area contributed by atoms with Crippen molar-refractivity contribution in [2.24, 2.45) is 0 Å². The lowest BCUT2D eigenvalue weighted by atomic mass is 10.0. The number of hydrogen-bond acceptors (Lipinski definition) is 6. The van der Waals surface area contributed by atoms with E-state index in [0.717, 1.165) is 30.6 Å². The summed E-state index contributed by atoms with van der Waals surface area (Å²) < 4.78 is 19.4. The van der Waals surface area contributed by atoms with Crippen LogP contribution in [0.3, 0.4) is 0 Å². The average molecular weight is 366 g/mol. The van der Waals surface area contributed by atoms with Crippen LogP contribution in [-0.4, -0.2) is 52.2 Å². The van der Waals surface area contributed by atoms with Crippen molar-refractivity contribution in [3.8, 4) is 0 Å². The van der Waals surface area contributed by atoms with Gasteiger partial charge in [-0.2, -0.15) is 0 Å². The summed E-state index contributed by atoms with van der Waals surface area (Å²) in [4.78, 5) is 31.1. The van der Waals surface area contributed by atoms with Crippen LogP contribution in [0, 0.1) is 5.82 Å². The summed E-state index contributed by atoms with van der Waals surface area (Å²) in [5.74, 6) is -2.47. The number of aromatic nitrogens is 1. The molecule has 8 heteroatoms. The number of fused-ring (bicyclic) bond motifs is 1. The van der Waals surface area contributed by atoms with E-state index in [1.54, 1.807) is 11.8 Å². The summed E-state index contributed by atoms with van der Waals surface area (Å²) in [5, 5.41) is 9.90. The average Bonchev–Trinajstić information content (AvgIpc) is 3.02. The molecule has 1 aliphatic heterocycles. The van der Waals surface area contributed by atoms with Gasteiger partial charge in [0, 0.05) is 19.7 Å². The van der Waals surface area contributed by atoms with Gasteiger partial charge in [-0.05, 0) is 38.0 Å². The molecule has 1 atom stereocenters. The number of benzene rings is 1. The smallest absolute Gasteiger partial charge is 0.360 e. The van der Waals surface area contributed by atoms with E-state index in [9.17, 15) is 19.1 Å². The Bertz CT molecular complexity index is 803. The van der Waals surface area contributed by atoms with E-state index in [0.29, 0.717) is 23.3 Å². The van der Waals surface area contributed by atoms with E-state index in [-0.39, 0.29) is 11.6 Å². The van der Waals surface area contributed by atoms with Gasteiger partial charge in [-0.1, -0.05) is 6.42 Å². The number of rotatable bonds is 6. The van der Waals surface area contributed by atoms with Crippen molar-refractivity contribution >= 4 is 33.3 Å². The second-order valence-corrected chi connectivity index (χ2v) is 6.92. The lowest BCUT2D eigenvalue weighted by Gasteiger charge is -2.40. The summed E-state index contributed by atoms with van der Waals surface area (Å²) in [5.41, 5.74) is -1.62. The molecule has 3 rings (SSSR count). The first-order chi connectivity index (χ1) is 12.0. The molecule has 0 bridgehead atoms. The quantitative estimate of drug-likeness (QED) is 0.625. The topological polar surface area (TPSA) is 79.7 Å². The predicted octanol–water partition coefficient (Wildman–Crippen LogP) is 2.92. The number of aliphatic carboxylic acids is 1. The van der Waals surface area contributed by atoms with Crippen molar-refractivity contribution in [3.63, 3.8) is 0 Å². The van der Waals surface area contributed by atoms with Crippen LogP contribution in [-0.2, 0) is 9.53 Å². The highest BCUT2D eigenvalue weighted by Crippen LogP contribution is 2.31. The fourth-order valence-electron chi connectivity index (χ4n) is 3.15. The monoisotopic (exact) mass is 366 g/mol. The molecule has 0 saturated carbocycles. The standard InChI is InChI=1S/C17H19FN2O4S/c1-2-24-17(16(22)23,20-8-4-3-5-9-20)14(21)15-19-12-7-6-11(18)10-13(12)25-15/h6-7,10H,2-5,8-9H2,1H3,(H,22,23). The maximum absolute atomic E-state index is 13.4. The molecule has 2 aromatic rings. The van der Waals surface area contributed by atoms with Crippen LogP contribution >= 0.6 is 11.3 Å². The number of carboxylic acids is 1. The highest BCUT2D eigenvalue weighted by Gasteiger charge is 2.54. The number of Topliss-reactive ketones (excluding diaryl/α,β-unsaturated/α-hetero) is 1. The van der Waals surface area contributed by atoms with Crippen LogP contribution < -0.4 is 0 Å². The van der Waals surface area contributed by atoms with E-state index in [2.05, 4.69) is 4.98 Å². The van der Waals surface area contributed by atoms with Crippen LogP contribution in [0.25, 0.3) is 10.2 Å². The normalized spacial score (nSPS) is 18.2. The number of hydrogen-bond donors (Lipinski definition) is 1. The number of carbonyl (C=O) groups excluding carboxylic acids is 1. The lowest BCUT2D eigenvalue weighted by Crippen LogP contribution is -2.63. The van der Waals surface area contributed by atoms with Gasteiger partial charge in [-0.15, -0.1) is 11.3 Å². The zero-order chi connectivity index (χ0) is 18.0. The van der Waals surface area contributed by atoms with E-state index < -0.39 is 23.3 Å². The van der Waals surface area contributed by atoms with Crippen molar-refractivity contribution in [1.82, 2.24) is 9.88 Å².